The van der Waals surface area contributed by atoms with E-state index in [0.717, 1.165) is 12.8 Å². The molecule has 1 rings (SSSR count). The maximum atomic E-state index is 5.75. The molecule has 1 aliphatic carbocycles. The molecule has 1 saturated carbocycles. The van der Waals surface area contributed by atoms with Gasteiger partial charge in [0, 0.05) is 13.2 Å². The van der Waals surface area contributed by atoms with Gasteiger partial charge < -0.3 is 15.8 Å². The lowest BCUT2D eigenvalue weighted by Crippen LogP contribution is -2.38. The molecule has 0 heterocycles. The second-order valence-electron chi connectivity index (χ2n) is 4.09. The Kier molecular flexibility index (Phi) is 4.20. The normalized spacial score (nSPS) is 28.4. The molecule has 0 aromatic rings. The second kappa shape index (κ2) is 5.20. The zero-order chi connectivity index (χ0) is 10.6. The summed E-state index contributed by atoms with van der Waals surface area (Å²) >= 11 is 0. The number of hydrogen-bond acceptors (Lipinski definition) is 2. The number of nitrogens with two attached hydrogens (primary N) is 1. The molecule has 0 aromatic carbocycles. The SMILES string of the molecule is COC1CCCC1N=C(N)NC(C)C. The van der Waals surface area contributed by atoms with Gasteiger partial charge in [-0.15, -0.1) is 0 Å². The van der Waals surface area contributed by atoms with Crippen LogP contribution in [0.2, 0.25) is 0 Å². The van der Waals surface area contributed by atoms with E-state index in [9.17, 15) is 0 Å². The molecule has 3 N–H and O–H groups in total. The summed E-state index contributed by atoms with van der Waals surface area (Å²) in [6.45, 7) is 4.09. The summed E-state index contributed by atoms with van der Waals surface area (Å²) < 4.78 is 5.34. The Labute approximate surface area is 85.9 Å². The molecule has 0 spiro atoms. The lowest BCUT2D eigenvalue weighted by Gasteiger charge is -2.16. The summed E-state index contributed by atoms with van der Waals surface area (Å²) in [6, 6.07) is 0.576. The van der Waals surface area contributed by atoms with Gasteiger partial charge in [0.15, 0.2) is 5.96 Å². The first-order valence-corrected chi connectivity index (χ1v) is 5.26. The Bertz CT molecular complexity index is 204. The van der Waals surface area contributed by atoms with Gasteiger partial charge in [0.05, 0.1) is 12.1 Å². The lowest BCUT2D eigenvalue weighted by atomic mass is 10.2. The van der Waals surface area contributed by atoms with Crippen molar-refractivity contribution in [1.29, 1.82) is 0 Å². The van der Waals surface area contributed by atoms with E-state index in [0.29, 0.717) is 12.0 Å². The van der Waals surface area contributed by atoms with Crippen LogP contribution < -0.4 is 11.1 Å². The van der Waals surface area contributed by atoms with Crippen LogP contribution in [0.15, 0.2) is 4.99 Å². The summed E-state index contributed by atoms with van der Waals surface area (Å²) in [5, 5.41) is 3.09. The molecule has 0 aromatic heterocycles. The van der Waals surface area contributed by atoms with Gasteiger partial charge in [0.1, 0.15) is 0 Å². The second-order valence-corrected chi connectivity index (χ2v) is 4.09. The van der Waals surface area contributed by atoms with Crippen molar-refractivity contribution < 1.29 is 4.74 Å². The molecule has 1 fully saturated rings. The number of nitrogens with zero attached hydrogens (tertiary/aromatic N) is 1. The van der Waals surface area contributed by atoms with Gasteiger partial charge in [0.2, 0.25) is 0 Å². The Morgan fingerprint density at radius 3 is 2.79 bits per heavy atom. The van der Waals surface area contributed by atoms with Gasteiger partial charge in [-0.2, -0.15) is 0 Å². The number of hydrogen-bond donors (Lipinski definition) is 2. The molecule has 0 bridgehead atoms. The van der Waals surface area contributed by atoms with Gasteiger partial charge in [0.25, 0.3) is 0 Å². The first-order valence-electron chi connectivity index (χ1n) is 5.26. The fourth-order valence-electron chi connectivity index (χ4n) is 1.84. The smallest absolute Gasteiger partial charge is 0.189 e. The maximum absolute atomic E-state index is 5.75. The fourth-order valence-corrected chi connectivity index (χ4v) is 1.84. The summed E-state index contributed by atoms with van der Waals surface area (Å²) in [5.74, 6) is 0.536. The highest BCUT2D eigenvalue weighted by molar-refractivity contribution is 5.78. The van der Waals surface area contributed by atoms with Crippen LogP contribution in [0.3, 0.4) is 0 Å². The van der Waals surface area contributed by atoms with E-state index < -0.39 is 0 Å². The standard InChI is InChI=1S/C10H21N3O/c1-7(2)12-10(11)13-8-5-4-6-9(8)14-3/h7-9H,4-6H2,1-3H3,(H3,11,12,13). The lowest BCUT2D eigenvalue weighted by molar-refractivity contribution is 0.0965. The molecule has 2 unspecified atom stereocenters. The molecule has 1 aliphatic rings. The van der Waals surface area contributed by atoms with Crippen molar-refractivity contribution in [2.45, 2.75) is 51.3 Å². The Hall–Kier alpha value is -0.770. The zero-order valence-corrected chi connectivity index (χ0v) is 9.29. The van der Waals surface area contributed by atoms with E-state index >= 15 is 0 Å². The Morgan fingerprint density at radius 2 is 2.21 bits per heavy atom. The molecular weight excluding hydrogens is 178 g/mol. The van der Waals surface area contributed by atoms with Crippen molar-refractivity contribution in [3.05, 3.63) is 0 Å². The van der Waals surface area contributed by atoms with Crippen LogP contribution >= 0.6 is 0 Å². The van der Waals surface area contributed by atoms with Crippen LogP contribution in [0.4, 0.5) is 0 Å². The van der Waals surface area contributed by atoms with Crippen molar-refractivity contribution >= 4 is 5.96 Å². The third-order valence-electron chi connectivity index (χ3n) is 2.46. The maximum Gasteiger partial charge on any atom is 0.189 e. The van der Waals surface area contributed by atoms with Crippen molar-refractivity contribution in [2.24, 2.45) is 10.7 Å². The number of rotatable bonds is 3. The quantitative estimate of drug-likeness (QED) is 0.523. The largest absolute Gasteiger partial charge is 0.379 e. The van der Waals surface area contributed by atoms with Crippen molar-refractivity contribution in [2.75, 3.05) is 7.11 Å². The van der Waals surface area contributed by atoms with Crippen LogP contribution in [-0.4, -0.2) is 31.3 Å². The van der Waals surface area contributed by atoms with E-state index in [2.05, 4.69) is 10.3 Å². The molecule has 82 valence electrons. The van der Waals surface area contributed by atoms with Crippen molar-refractivity contribution in [3.8, 4) is 0 Å². The minimum Gasteiger partial charge on any atom is -0.379 e. The van der Waals surface area contributed by atoms with Gasteiger partial charge in [-0.05, 0) is 33.1 Å². The molecule has 4 heteroatoms. The van der Waals surface area contributed by atoms with Gasteiger partial charge in [-0.1, -0.05) is 0 Å². The topological polar surface area (TPSA) is 59.6 Å². The summed E-state index contributed by atoms with van der Waals surface area (Å²) in [6.07, 6.45) is 3.61. The van der Waals surface area contributed by atoms with Crippen LogP contribution in [0.1, 0.15) is 33.1 Å². The zero-order valence-electron chi connectivity index (χ0n) is 9.29. The van der Waals surface area contributed by atoms with Crippen LogP contribution in [0.25, 0.3) is 0 Å². The molecule has 0 radical (unpaired) electrons. The number of nitrogens with one attached hydrogen (secondary N) is 1. The summed E-state index contributed by atoms with van der Waals surface area (Å²) in [5.41, 5.74) is 5.75. The monoisotopic (exact) mass is 199 g/mol. The average Bonchev–Trinajstić information content (AvgIpc) is 2.50. The van der Waals surface area contributed by atoms with Crippen LogP contribution in [0, 0.1) is 0 Å². The van der Waals surface area contributed by atoms with E-state index in [-0.39, 0.29) is 12.1 Å². The van der Waals surface area contributed by atoms with E-state index in [1.165, 1.54) is 6.42 Å². The molecule has 2 atom stereocenters. The first-order chi connectivity index (χ1) is 6.63. The van der Waals surface area contributed by atoms with E-state index in [1.54, 1.807) is 7.11 Å². The molecule has 14 heavy (non-hydrogen) atoms. The van der Waals surface area contributed by atoms with E-state index in [4.69, 9.17) is 10.5 Å². The fraction of sp³-hybridized carbons (Fsp3) is 0.900. The van der Waals surface area contributed by atoms with Crippen molar-refractivity contribution in [3.63, 3.8) is 0 Å². The highest BCUT2D eigenvalue weighted by Crippen LogP contribution is 2.24. The predicted molar refractivity (Wildman–Crippen MR) is 58.3 cm³/mol. The number of ether oxygens (including phenoxy) is 1. The summed E-state index contributed by atoms with van der Waals surface area (Å²) in [4.78, 5) is 4.43. The predicted octanol–water partition coefficient (Wildman–Crippen LogP) is 0.867. The number of methoxy groups -OCH3 is 1. The summed E-state index contributed by atoms with van der Waals surface area (Å²) in [7, 11) is 1.74. The molecule has 4 nitrogen and oxygen atoms in total. The highest BCUT2D eigenvalue weighted by Gasteiger charge is 2.26. The van der Waals surface area contributed by atoms with E-state index in [1.807, 2.05) is 13.8 Å². The Balaban J connectivity index is 2.48. The van der Waals surface area contributed by atoms with Crippen LogP contribution in [0.5, 0.6) is 0 Å². The van der Waals surface area contributed by atoms with Crippen molar-refractivity contribution in [1.82, 2.24) is 5.32 Å². The minimum absolute atomic E-state index is 0.242. The third-order valence-corrected chi connectivity index (χ3v) is 2.46. The highest BCUT2D eigenvalue weighted by atomic mass is 16.5. The molecule has 0 amide bonds. The van der Waals surface area contributed by atoms with Gasteiger partial charge in [-0.3, -0.25) is 0 Å². The first kappa shape index (κ1) is 11.3. The number of guanidine groups is 1. The van der Waals surface area contributed by atoms with Gasteiger partial charge >= 0.3 is 0 Å². The molecule has 0 saturated heterocycles. The molecular formula is C10H21N3O. The van der Waals surface area contributed by atoms with Crippen LogP contribution in [-0.2, 0) is 4.74 Å². The number of aliphatic imine (C=N–C) groups is 1. The molecule has 0 aliphatic heterocycles. The van der Waals surface area contributed by atoms with Gasteiger partial charge in [-0.25, -0.2) is 4.99 Å². The third kappa shape index (κ3) is 3.18. The minimum atomic E-state index is 0.242. The Morgan fingerprint density at radius 1 is 1.50 bits per heavy atom. The average molecular weight is 199 g/mol.